The third kappa shape index (κ3) is 2.95. The van der Waals surface area contributed by atoms with Crippen molar-refractivity contribution < 1.29 is 18.7 Å². The van der Waals surface area contributed by atoms with Crippen molar-refractivity contribution in [2.45, 2.75) is 25.9 Å². The Hall–Kier alpha value is -3.61. The molecule has 2 N–H and O–H groups in total. The molecular formula is C22H19N3O4. The Kier molecular flexibility index (Phi) is 3.74. The van der Waals surface area contributed by atoms with E-state index in [0.29, 0.717) is 17.1 Å². The molecule has 7 nitrogen and oxygen atoms in total. The minimum absolute atomic E-state index is 0.0804. The molecule has 1 unspecified atom stereocenters. The maximum atomic E-state index is 12.7. The summed E-state index contributed by atoms with van der Waals surface area (Å²) >= 11 is 0. The highest BCUT2D eigenvalue weighted by atomic mass is 16.6. The molecule has 1 fully saturated rings. The number of carbonyl (C=O) groups is 2. The van der Waals surface area contributed by atoms with Gasteiger partial charge in [-0.3, -0.25) is 14.7 Å². The van der Waals surface area contributed by atoms with Gasteiger partial charge in [-0.2, -0.15) is 5.10 Å². The third-order valence-corrected chi connectivity index (χ3v) is 5.39. The van der Waals surface area contributed by atoms with Crippen LogP contribution in [0.2, 0.25) is 0 Å². The molecule has 1 saturated heterocycles. The summed E-state index contributed by atoms with van der Waals surface area (Å²) in [5, 5.41) is 12.1. The number of furan rings is 1. The second-order valence-electron chi connectivity index (χ2n) is 7.80. The van der Waals surface area contributed by atoms with Gasteiger partial charge in [0.25, 0.3) is 0 Å². The number of rotatable bonds is 3. The third-order valence-electron chi connectivity index (χ3n) is 5.39. The fourth-order valence-electron chi connectivity index (χ4n) is 3.83. The zero-order chi connectivity index (χ0) is 20.2. The van der Waals surface area contributed by atoms with Gasteiger partial charge in [0.15, 0.2) is 5.76 Å². The number of H-pyrrole nitrogens is 1. The number of aromatic nitrogens is 2. The highest BCUT2D eigenvalue weighted by molar-refractivity contribution is 6.01. The Labute approximate surface area is 166 Å². The number of aromatic amines is 1. The number of cyclic esters (lactones) is 1. The summed E-state index contributed by atoms with van der Waals surface area (Å²) in [6.07, 6.45) is 0.0804. The second kappa shape index (κ2) is 6.20. The lowest BCUT2D eigenvalue weighted by Gasteiger charge is -2.23. The van der Waals surface area contributed by atoms with Crippen LogP contribution in [0.4, 0.5) is 5.69 Å². The number of ether oxygens (including phenoxy) is 1. The van der Waals surface area contributed by atoms with Crippen molar-refractivity contribution >= 4 is 39.4 Å². The van der Waals surface area contributed by atoms with Gasteiger partial charge in [0, 0.05) is 16.5 Å². The van der Waals surface area contributed by atoms with Crippen LogP contribution in [-0.2, 0) is 14.3 Å². The summed E-state index contributed by atoms with van der Waals surface area (Å²) in [5.41, 5.74) is 2.10. The average molecular weight is 389 g/mol. The van der Waals surface area contributed by atoms with Crippen LogP contribution in [0.5, 0.6) is 0 Å². The number of nitrogens with one attached hydrogen (secondary N) is 2. The highest BCUT2D eigenvalue weighted by Gasteiger charge is 2.46. The number of anilines is 1. The van der Waals surface area contributed by atoms with Crippen LogP contribution in [0.15, 0.2) is 52.9 Å². The second-order valence-corrected chi connectivity index (χ2v) is 7.80. The Morgan fingerprint density at radius 1 is 1.21 bits per heavy atom. The van der Waals surface area contributed by atoms with Crippen molar-refractivity contribution in [1.82, 2.24) is 10.2 Å². The Morgan fingerprint density at radius 3 is 2.79 bits per heavy atom. The van der Waals surface area contributed by atoms with E-state index < -0.39 is 11.5 Å². The maximum absolute atomic E-state index is 12.7. The lowest BCUT2D eigenvalue weighted by Crippen LogP contribution is -2.36. The average Bonchev–Trinajstić information content (AvgIpc) is 3.35. The number of nitrogens with zero attached hydrogens (tertiary/aromatic N) is 1. The lowest BCUT2D eigenvalue weighted by atomic mass is 9.90. The molecule has 0 aliphatic carbocycles. The molecule has 5 rings (SSSR count). The molecule has 1 aliphatic heterocycles. The number of esters is 1. The van der Waals surface area contributed by atoms with E-state index in [2.05, 4.69) is 15.5 Å². The number of carbonyl (C=O) groups excluding carboxylic acids is 2. The van der Waals surface area contributed by atoms with Crippen LogP contribution in [0.1, 0.15) is 20.3 Å². The van der Waals surface area contributed by atoms with Gasteiger partial charge < -0.3 is 14.5 Å². The van der Waals surface area contributed by atoms with E-state index in [1.165, 1.54) is 0 Å². The smallest absolute Gasteiger partial charge is 0.307 e. The zero-order valence-corrected chi connectivity index (χ0v) is 16.0. The van der Waals surface area contributed by atoms with E-state index in [9.17, 15) is 9.59 Å². The van der Waals surface area contributed by atoms with Gasteiger partial charge in [0.05, 0.1) is 17.9 Å². The predicted octanol–water partition coefficient (Wildman–Crippen LogP) is 4.26. The van der Waals surface area contributed by atoms with Crippen molar-refractivity contribution in [2.75, 3.05) is 5.32 Å². The number of hydrogen-bond donors (Lipinski definition) is 2. The van der Waals surface area contributed by atoms with Crippen molar-refractivity contribution in [2.24, 2.45) is 5.92 Å². The van der Waals surface area contributed by atoms with Crippen molar-refractivity contribution in [3.63, 3.8) is 0 Å². The van der Waals surface area contributed by atoms with Gasteiger partial charge in [-0.25, -0.2) is 0 Å². The van der Waals surface area contributed by atoms with E-state index in [-0.39, 0.29) is 18.3 Å². The first-order chi connectivity index (χ1) is 13.9. The van der Waals surface area contributed by atoms with Crippen LogP contribution in [-0.4, -0.2) is 27.7 Å². The van der Waals surface area contributed by atoms with Crippen LogP contribution >= 0.6 is 0 Å². The molecule has 2 aromatic carbocycles. The van der Waals surface area contributed by atoms with Gasteiger partial charge in [-0.05, 0) is 44.2 Å². The van der Waals surface area contributed by atoms with E-state index in [0.717, 1.165) is 21.9 Å². The fourth-order valence-corrected chi connectivity index (χ4v) is 3.83. The lowest BCUT2D eigenvalue weighted by molar-refractivity contribution is -0.147. The van der Waals surface area contributed by atoms with Gasteiger partial charge in [-0.1, -0.05) is 18.2 Å². The molecule has 2 aromatic heterocycles. The van der Waals surface area contributed by atoms with E-state index in [1.807, 2.05) is 42.5 Å². The normalized spacial score (nSPS) is 18.3. The minimum Gasteiger partial charge on any atom is -0.459 e. The summed E-state index contributed by atoms with van der Waals surface area (Å²) in [4.78, 5) is 24.4. The molecule has 0 radical (unpaired) electrons. The van der Waals surface area contributed by atoms with Crippen molar-refractivity contribution in [3.8, 4) is 11.5 Å². The van der Waals surface area contributed by atoms with Crippen LogP contribution in [0, 0.1) is 5.92 Å². The first-order valence-corrected chi connectivity index (χ1v) is 9.40. The van der Waals surface area contributed by atoms with Crippen LogP contribution in [0.25, 0.3) is 33.3 Å². The molecule has 1 atom stereocenters. The molecule has 1 amide bonds. The molecule has 146 valence electrons. The molecule has 3 heterocycles. The number of amides is 1. The highest BCUT2D eigenvalue weighted by Crippen LogP contribution is 2.35. The Balaban J connectivity index is 1.48. The zero-order valence-electron chi connectivity index (χ0n) is 16.0. The number of hydrogen-bond acceptors (Lipinski definition) is 5. The summed E-state index contributed by atoms with van der Waals surface area (Å²) < 4.78 is 11.2. The molecule has 0 spiro atoms. The monoisotopic (exact) mass is 389 g/mol. The first-order valence-electron chi connectivity index (χ1n) is 9.40. The summed E-state index contributed by atoms with van der Waals surface area (Å²) in [7, 11) is 0. The number of para-hydroxylation sites is 1. The Bertz CT molecular complexity index is 1230. The predicted molar refractivity (Wildman–Crippen MR) is 108 cm³/mol. The van der Waals surface area contributed by atoms with E-state index in [1.54, 1.807) is 19.9 Å². The van der Waals surface area contributed by atoms with Gasteiger partial charge >= 0.3 is 5.97 Å². The molecule has 4 aromatic rings. The van der Waals surface area contributed by atoms with Crippen molar-refractivity contribution in [3.05, 3.63) is 48.5 Å². The van der Waals surface area contributed by atoms with E-state index in [4.69, 9.17) is 9.15 Å². The largest absolute Gasteiger partial charge is 0.459 e. The molecular weight excluding hydrogens is 370 g/mol. The molecule has 0 bridgehead atoms. The minimum atomic E-state index is -0.819. The summed E-state index contributed by atoms with van der Waals surface area (Å²) in [5.74, 6) is -0.483. The van der Waals surface area contributed by atoms with Gasteiger partial charge in [-0.15, -0.1) is 0 Å². The van der Waals surface area contributed by atoms with Crippen LogP contribution < -0.4 is 5.32 Å². The topological polar surface area (TPSA) is 97.2 Å². The fraction of sp³-hybridized carbons (Fsp3) is 0.227. The first kappa shape index (κ1) is 17.5. The summed E-state index contributed by atoms with van der Waals surface area (Å²) in [6, 6.07) is 15.2. The summed E-state index contributed by atoms with van der Waals surface area (Å²) in [6.45, 7) is 3.50. The molecule has 0 saturated carbocycles. The standard InChI is InChI=1S/C22H19N3O4/c1-22(2)15(11-19(26)29-22)21(27)23-13-7-8-16-14(10-13)20(25-24-16)18-9-12-5-3-4-6-17(12)28-18/h3-10,15H,11H2,1-2H3,(H,23,27)(H,24,25). The number of benzene rings is 2. The van der Waals surface area contributed by atoms with Crippen molar-refractivity contribution in [1.29, 1.82) is 0 Å². The molecule has 1 aliphatic rings. The number of fused-ring (bicyclic) bond motifs is 2. The van der Waals surface area contributed by atoms with Crippen LogP contribution in [0.3, 0.4) is 0 Å². The van der Waals surface area contributed by atoms with E-state index >= 15 is 0 Å². The van der Waals surface area contributed by atoms with Gasteiger partial charge in [0.2, 0.25) is 5.91 Å². The SMILES string of the molecule is CC1(C)OC(=O)CC1C(=O)Nc1ccc2[nH]nc(-c3cc4ccccc4o3)c2c1. The molecule has 7 heteroatoms. The molecule has 29 heavy (non-hydrogen) atoms. The van der Waals surface area contributed by atoms with Gasteiger partial charge in [0.1, 0.15) is 16.9 Å². The Morgan fingerprint density at radius 2 is 2.03 bits per heavy atom. The quantitative estimate of drug-likeness (QED) is 0.510. The maximum Gasteiger partial charge on any atom is 0.307 e.